The first-order chi connectivity index (χ1) is 12.7. The first-order valence-electron chi connectivity index (χ1n) is 10.2. The van der Waals surface area contributed by atoms with Gasteiger partial charge in [-0.25, -0.2) is 0 Å². The number of amides is 1. The molecule has 2 atom stereocenters. The normalized spacial score (nSPS) is 18.1. The number of aryl methyl sites for hydroxylation is 1. The van der Waals surface area contributed by atoms with Gasteiger partial charge in [0.25, 0.3) is 0 Å². The molecular formula is C25H33NO. The standard InChI is InChI=1S/C25H33NO/c1-18-10-12-21(13-11-18)24-22-9-7-6-8-20(22)14-15-26(24)23(27)16-19(2)17-25(3,4)5/h6-13,19,24H,14-17H2,1-5H3/t19-,24+/m0/s1. The molecule has 0 aromatic heterocycles. The minimum atomic E-state index is 0.0323. The Morgan fingerprint density at radius 3 is 2.44 bits per heavy atom. The monoisotopic (exact) mass is 363 g/mol. The summed E-state index contributed by atoms with van der Waals surface area (Å²) in [5.74, 6) is 0.681. The average molecular weight is 364 g/mol. The largest absolute Gasteiger partial charge is 0.331 e. The molecule has 144 valence electrons. The Morgan fingerprint density at radius 1 is 1.11 bits per heavy atom. The van der Waals surface area contributed by atoms with Gasteiger partial charge in [0, 0.05) is 13.0 Å². The lowest BCUT2D eigenvalue weighted by molar-refractivity contribution is -0.134. The van der Waals surface area contributed by atoms with Crippen LogP contribution in [0.15, 0.2) is 48.5 Å². The maximum atomic E-state index is 13.3. The van der Waals surface area contributed by atoms with Crippen LogP contribution >= 0.6 is 0 Å². The topological polar surface area (TPSA) is 20.3 Å². The molecule has 3 rings (SSSR count). The average Bonchev–Trinajstić information content (AvgIpc) is 2.59. The molecule has 0 radical (unpaired) electrons. The molecule has 1 aliphatic rings. The van der Waals surface area contributed by atoms with Gasteiger partial charge in [-0.2, -0.15) is 0 Å². The lowest BCUT2D eigenvalue weighted by Gasteiger charge is -2.38. The van der Waals surface area contributed by atoms with Crippen LogP contribution in [0.1, 0.15) is 68.8 Å². The predicted octanol–water partition coefficient (Wildman–Crippen LogP) is 5.93. The third kappa shape index (κ3) is 4.80. The summed E-state index contributed by atoms with van der Waals surface area (Å²) < 4.78 is 0. The summed E-state index contributed by atoms with van der Waals surface area (Å²) in [6, 6.07) is 17.3. The number of fused-ring (bicyclic) bond motifs is 1. The molecule has 0 aliphatic carbocycles. The number of carbonyl (C=O) groups is 1. The van der Waals surface area contributed by atoms with Gasteiger partial charge in [-0.15, -0.1) is 0 Å². The van der Waals surface area contributed by atoms with E-state index in [0.29, 0.717) is 12.3 Å². The third-order valence-electron chi connectivity index (χ3n) is 5.48. The van der Waals surface area contributed by atoms with Crippen LogP contribution in [0.2, 0.25) is 0 Å². The Hall–Kier alpha value is -2.09. The van der Waals surface area contributed by atoms with Gasteiger partial charge in [-0.3, -0.25) is 4.79 Å². The number of rotatable bonds is 4. The van der Waals surface area contributed by atoms with Gasteiger partial charge in [0.1, 0.15) is 0 Å². The minimum absolute atomic E-state index is 0.0323. The van der Waals surface area contributed by atoms with Gasteiger partial charge in [0.15, 0.2) is 0 Å². The van der Waals surface area contributed by atoms with Gasteiger partial charge < -0.3 is 4.90 Å². The van der Waals surface area contributed by atoms with Gasteiger partial charge in [-0.1, -0.05) is 81.8 Å². The van der Waals surface area contributed by atoms with E-state index >= 15 is 0 Å². The van der Waals surface area contributed by atoms with Gasteiger partial charge in [0.05, 0.1) is 6.04 Å². The number of nitrogens with zero attached hydrogens (tertiary/aromatic N) is 1. The van der Waals surface area contributed by atoms with Crippen LogP contribution in [-0.4, -0.2) is 17.4 Å². The van der Waals surface area contributed by atoms with Crippen LogP contribution in [0, 0.1) is 18.3 Å². The zero-order valence-corrected chi connectivity index (χ0v) is 17.5. The molecule has 0 N–H and O–H groups in total. The second-order valence-electron chi connectivity index (χ2n) is 9.42. The summed E-state index contributed by atoms with van der Waals surface area (Å²) in [7, 11) is 0. The van der Waals surface area contributed by atoms with Gasteiger partial charge >= 0.3 is 0 Å². The Balaban J connectivity index is 1.89. The SMILES string of the molecule is Cc1ccc([C@@H]2c3ccccc3CCN2C(=O)C[C@H](C)CC(C)(C)C)cc1. The molecule has 0 saturated heterocycles. The summed E-state index contributed by atoms with van der Waals surface area (Å²) in [4.78, 5) is 15.4. The molecule has 0 unspecified atom stereocenters. The number of hydrogen-bond acceptors (Lipinski definition) is 1. The molecule has 0 bridgehead atoms. The smallest absolute Gasteiger partial charge is 0.223 e. The number of carbonyl (C=O) groups excluding carboxylic acids is 1. The molecule has 1 aliphatic heterocycles. The molecule has 2 aromatic rings. The molecule has 0 spiro atoms. The first kappa shape index (κ1) is 19.7. The van der Waals surface area contributed by atoms with Crippen LogP contribution < -0.4 is 0 Å². The van der Waals surface area contributed by atoms with Crippen LogP contribution in [0.4, 0.5) is 0 Å². The fourth-order valence-electron chi connectivity index (χ4n) is 4.48. The van der Waals surface area contributed by atoms with Crippen molar-refractivity contribution in [1.82, 2.24) is 4.90 Å². The van der Waals surface area contributed by atoms with Crippen molar-refractivity contribution in [3.63, 3.8) is 0 Å². The van der Waals surface area contributed by atoms with E-state index in [4.69, 9.17) is 0 Å². The molecule has 2 heteroatoms. The van der Waals surface area contributed by atoms with E-state index in [0.717, 1.165) is 19.4 Å². The molecule has 27 heavy (non-hydrogen) atoms. The van der Waals surface area contributed by atoms with Crippen molar-refractivity contribution in [2.75, 3.05) is 6.54 Å². The summed E-state index contributed by atoms with van der Waals surface area (Å²) in [5.41, 5.74) is 5.37. The highest BCUT2D eigenvalue weighted by molar-refractivity contribution is 5.78. The fraction of sp³-hybridized carbons (Fsp3) is 0.480. The van der Waals surface area contributed by atoms with Crippen LogP contribution in [0.5, 0.6) is 0 Å². The quantitative estimate of drug-likeness (QED) is 0.659. The van der Waals surface area contributed by atoms with Crippen LogP contribution in [0.25, 0.3) is 0 Å². The van der Waals surface area contributed by atoms with Gasteiger partial charge in [0.2, 0.25) is 5.91 Å². The van der Waals surface area contributed by atoms with Crippen LogP contribution in [0.3, 0.4) is 0 Å². The fourth-order valence-corrected chi connectivity index (χ4v) is 4.48. The molecule has 0 saturated carbocycles. The van der Waals surface area contributed by atoms with E-state index in [-0.39, 0.29) is 17.4 Å². The maximum absolute atomic E-state index is 13.3. The van der Waals surface area contributed by atoms with E-state index < -0.39 is 0 Å². The second kappa shape index (κ2) is 7.88. The zero-order valence-electron chi connectivity index (χ0n) is 17.5. The number of benzene rings is 2. The Labute approximate surface area is 164 Å². The second-order valence-corrected chi connectivity index (χ2v) is 9.42. The highest BCUT2D eigenvalue weighted by Crippen LogP contribution is 2.36. The molecule has 2 aromatic carbocycles. The summed E-state index contributed by atoms with van der Waals surface area (Å²) >= 11 is 0. The molecule has 0 fully saturated rings. The molecule has 1 heterocycles. The van der Waals surface area contributed by atoms with Crippen molar-refractivity contribution < 1.29 is 4.79 Å². The maximum Gasteiger partial charge on any atom is 0.223 e. The van der Waals surface area contributed by atoms with E-state index in [1.54, 1.807) is 0 Å². The summed E-state index contributed by atoms with van der Waals surface area (Å²) in [5, 5.41) is 0. The van der Waals surface area contributed by atoms with Crippen molar-refractivity contribution in [1.29, 1.82) is 0 Å². The lowest BCUT2D eigenvalue weighted by Crippen LogP contribution is -2.41. The summed E-state index contributed by atoms with van der Waals surface area (Å²) in [6.45, 7) is 11.9. The van der Waals surface area contributed by atoms with Crippen LogP contribution in [-0.2, 0) is 11.2 Å². The predicted molar refractivity (Wildman–Crippen MR) is 113 cm³/mol. The third-order valence-corrected chi connectivity index (χ3v) is 5.48. The van der Waals surface area contributed by atoms with Crippen molar-refractivity contribution in [3.05, 3.63) is 70.8 Å². The minimum Gasteiger partial charge on any atom is -0.331 e. The van der Waals surface area contributed by atoms with Crippen molar-refractivity contribution in [3.8, 4) is 0 Å². The van der Waals surface area contributed by atoms with E-state index in [2.05, 4.69) is 88.0 Å². The summed E-state index contributed by atoms with van der Waals surface area (Å²) in [6.07, 6.45) is 2.64. The van der Waals surface area contributed by atoms with Crippen molar-refractivity contribution in [2.24, 2.45) is 11.3 Å². The Bertz CT molecular complexity index is 785. The van der Waals surface area contributed by atoms with E-state index in [1.807, 2.05) is 0 Å². The van der Waals surface area contributed by atoms with Crippen molar-refractivity contribution >= 4 is 5.91 Å². The van der Waals surface area contributed by atoms with E-state index in [9.17, 15) is 4.79 Å². The molecular weight excluding hydrogens is 330 g/mol. The van der Waals surface area contributed by atoms with Crippen molar-refractivity contribution in [2.45, 2.75) is 59.9 Å². The van der Waals surface area contributed by atoms with E-state index in [1.165, 1.54) is 22.3 Å². The highest BCUT2D eigenvalue weighted by Gasteiger charge is 2.32. The molecule has 1 amide bonds. The zero-order chi connectivity index (χ0) is 19.6. The Kier molecular flexibility index (Phi) is 5.74. The lowest BCUT2D eigenvalue weighted by atomic mass is 9.83. The van der Waals surface area contributed by atoms with Gasteiger partial charge in [-0.05, 0) is 47.8 Å². The molecule has 2 nitrogen and oxygen atoms in total. The Morgan fingerprint density at radius 2 is 1.78 bits per heavy atom. The first-order valence-corrected chi connectivity index (χ1v) is 10.2. The highest BCUT2D eigenvalue weighted by atomic mass is 16.2. The number of hydrogen-bond donors (Lipinski definition) is 0.